The lowest BCUT2D eigenvalue weighted by molar-refractivity contribution is 0.294. The van der Waals surface area contributed by atoms with Crippen molar-refractivity contribution in [2.75, 3.05) is 0 Å². The SMILES string of the molecule is CC(C)(I)CC(N)C(C)(C)C. The van der Waals surface area contributed by atoms with Gasteiger partial charge in [-0.15, -0.1) is 0 Å². The fraction of sp³-hybridized carbons (Fsp3) is 1.00. The van der Waals surface area contributed by atoms with E-state index in [0.29, 0.717) is 9.46 Å². The van der Waals surface area contributed by atoms with E-state index in [4.69, 9.17) is 5.73 Å². The van der Waals surface area contributed by atoms with Gasteiger partial charge in [0.1, 0.15) is 0 Å². The van der Waals surface area contributed by atoms with E-state index in [2.05, 4.69) is 57.2 Å². The first-order valence-electron chi connectivity index (χ1n) is 4.07. The number of alkyl halides is 1. The van der Waals surface area contributed by atoms with Gasteiger partial charge in [0.25, 0.3) is 0 Å². The summed E-state index contributed by atoms with van der Waals surface area (Å²) >= 11 is 2.45. The van der Waals surface area contributed by atoms with Crippen LogP contribution in [0.4, 0.5) is 0 Å². The van der Waals surface area contributed by atoms with Crippen LogP contribution < -0.4 is 5.73 Å². The summed E-state index contributed by atoms with van der Waals surface area (Å²) < 4.78 is 0.324. The van der Waals surface area contributed by atoms with E-state index in [-0.39, 0.29) is 5.41 Å². The third kappa shape index (κ3) is 5.91. The summed E-state index contributed by atoms with van der Waals surface area (Å²) in [5.41, 5.74) is 6.27. The number of hydrogen-bond acceptors (Lipinski definition) is 1. The van der Waals surface area contributed by atoms with Gasteiger partial charge in [0.2, 0.25) is 0 Å². The summed E-state index contributed by atoms with van der Waals surface area (Å²) in [6, 6.07) is 0.300. The van der Waals surface area contributed by atoms with Crippen molar-refractivity contribution in [2.24, 2.45) is 11.1 Å². The molecule has 0 saturated heterocycles. The van der Waals surface area contributed by atoms with Crippen molar-refractivity contribution < 1.29 is 0 Å². The molecule has 0 rings (SSSR count). The molecule has 0 saturated carbocycles. The zero-order valence-electron chi connectivity index (χ0n) is 8.24. The van der Waals surface area contributed by atoms with E-state index in [0.717, 1.165) is 6.42 Å². The summed E-state index contributed by atoms with van der Waals surface area (Å²) in [6.45, 7) is 11.0. The Hall–Kier alpha value is 0.690. The van der Waals surface area contributed by atoms with Crippen molar-refractivity contribution in [2.45, 2.75) is 50.5 Å². The highest BCUT2D eigenvalue weighted by molar-refractivity contribution is 14.1. The topological polar surface area (TPSA) is 26.0 Å². The van der Waals surface area contributed by atoms with E-state index in [1.165, 1.54) is 0 Å². The number of hydrogen-bond donors (Lipinski definition) is 1. The van der Waals surface area contributed by atoms with Gasteiger partial charge in [-0.3, -0.25) is 0 Å². The molecule has 68 valence electrons. The Labute approximate surface area is 84.3 Å². The molecule has 11 heavy (non-hydrogen) atoms. The highest BCUT2D eigenvalue weighted by Gasteiger charge is 2.26. The van der Waals surface area contributed by atoms with E-state index in [1.807, 2.05) is 0 Å². The number of rotatable bonds is 2. The molecule has 0 fully saturated rings. The van der Waals surface area contributed by atoms with Gasteiger partial charge in [-0.2, -0.15) is 0 Å². The van der Waals surface area contributed by atoms with E-state index in [9.17, 15) is 0 Å². The zero-order valence-corrected chi connectivity index (χ0v) is 10.4. The Morgan fingerprint density at radius 3 is 1.64 bits per heavy atom. The van der Waals surface area contributed by atoms with Gasteiger partial charge in [0.15, 0.2) is 0 Å². The summed E-state index contributed by atoms with van der Waals surface area (Å²) in [6.07, 6.45) is 1.08. The quantitative estimate of drug-likeness (QED) is 0.605. The second-order valence-corrected chi connectivity index (χ2v) is 7.82. The van der Waals surface area contributed by atoms with Crippen LogP contribution in [0.25, 0.3) is 0 Å². The molecule has 0 aromatic rings. The predicted octanol–water partition coefficient (Wildman–Crippen LogP) is 2.96. The molecular formula is C9H20IN. The van der Waals surface area contributed by atoms with Crippen LogP contribution in [0.1, 0.15) is 41.0 Å². The van der Waals surface area contributed by atoms with Gasteiger partial charge in [0.05, 0.1) is 0 Å². The third-order valence-electron chi connectivity index (χ3n) is 1.82. The van der Waals surface area contributed by atoms with Crippen LogP contribution in [0, 0.1) is 5.41 Å². The average molecular weight is 269 g/mol. The van der Waals surface area contributed by atoms with Crippen molar-refractivity contribution in [1.29, 1.82) is 0 Å². The largest absolute Gasteiger partial charge is 0.327 e. The highest BCUT2D eigenvalue weighted by atomic mass is 127. The van der Waals surface area contributed by atoms with Crippen molar-refractivity contribution >= 4 is 22.6 Å². The van der Waals surface area contributed by atoms with Gasteiger partial charge in [-0.1, -0.05) is 57.2 Å². The molecule has 2 N–H and O–H groups in total. The van der Waals surface area contributed by atoms with E-state index >= 15 is 0 Å². The lowest BCUT2D eigenvalue weighted by Crippen LogP contribution is -2.39. The Bertz CT molecular complexity index is 119. The zero-order chi connectivity index (χ0) is 9.28. The number of halogens is 1. The van der Waals surface area contributed by atoms with Crippen LogP contribution in [-0.4, -0.2) is 9.46 Å². The van der Waals surface area contributed by atoms with Gasteiger partial charge in [0, 0.05) is 9.46 Å². The van der Waals surface area contributed by atoms with Crippen LogP contribution in [0.5, 0.6) is 0 Å². The minimum Gasteiger partial charge on any atom is -0.327 e. The first-order valence-corrected chi connectivity index (χ1v) is 5.15. The molecule has 1 unspecified atom stereocenters. The third-order valence-corrected chi connectivity index (χ3v) is 2.26. The van der Waals surface area contributed by atoms with Crippen molar-refractivity contribution in [3.63, 3.8) is 0 Å². The summed E-state index contributed by atoms with van der Waals surface area (Å²) in [4.78, 5) is 0. The smallest absolute Gasteiger partial charge is 0.0181 e. The lowest BCUT2D eigenvalue weighted by atomic mass is 9.83. The maximum absolute atomic E-state index is 6.03. The molecule has 0 radical (unpaired) electrons. The summed E-state index contributed by atoms with van der Waals surface area (Å²) in [7, 11) is 0. The van der Waals surface area contributed by atoms with Gasteiger partial charge >= 0.3 is 0 Å². The van der Waals surface area contributed by atoms with Crippen LogP contribution >= 0.6 is 22.6 Å². The highest BCUT2D eigenvalue weighted by Crippen LogP contribution is 2.29. The van der Waals surface area contributed by atoms with Crippen molar-refractivity contribution in [1.82, 2.24) is 0 Å². The summed E-state index contributed by atoms with van der Waals surface area (Å²) in [5.74, 6) is 0. The molecule has 1 nitrogen and oxygen atoms in total. The fourth-order valence-electron chi connectivity index (χ4n) is 0.829. The molecule has 1 atom stereocenters. The second kappa shape index (κ2) is 3.60. The Kier molecular flexibility index (Phi) is 3.83. The second-order valence-electron chi connectivity index (χ2n) is 4.90. The minimum absolute atomic E-state index is 0.239. The van der Waals surface area contributed by atoms with Crippen LogP contribution in [0.3, 0.4) is 0 Å². The maximum Gasteiger partial charge on any atom is 0.0181 e. The minimum atomic E-state index is 0.239. The van der Waals surface area contributed by atoms with Crippen molar-refractivity contribution in [3.8, 4) is 0 Å². The van der Waals surface area contributed by atoms with E-state index < -0.39 is 0 Å². The molecular weight excluding hydrogens is 249 g/mol. The average Bonchev–Trinajstić information content (AvgIpc) is 1.56. The Morgan fingerprint density at radius 1 is 1.18 bits per heavy atom. The molecule has 0 aromatic heterocycles. The van der Waals surface area contributed by atoms with E-state index in [1.54, 1.807) is 0 Å². The molecule has 0 aliphatic carbocycles. The Balaban J connectivity index is 3.99. The van der Waals surface area contributed by atoms with Crippen LogP contribution in [0.2, 0.25) is 0 Å². The fourth-order valence-corrected chi connectivity index (χ4v) is 1.30. The van der Waals surface area contributed by atoms with Crippen LogP contribution in [-0.2, 0) is 0 Å². The first-order chi connectivity index (χ1) is 4.63. The molecule has 0 spiro atoms. The molecule has 0 amide bonds. The molecule has 0 bridgehead atoms. The van der Waals surface area contributed by atoms with Gasteiger partial charge < -0.3 is 5.73 Å². The molecule has 0 aromatic carbocycles. The first kappa shape index (κ1) is 11.7. The maximum atomic E-state index is 6.03. The number of nitrogens with two attached hydrogens (primary N) is 1. The molecule has 2 heteroatoms. The molecule has 0 heterocycles. The lowest BCUT2D eigenvalue weighted by Gasteiger charge is -2.31. The standard InChI is InChI=1S/C9H20IN/c1-8(2,3)7(11)6-9(4,5)10/h7H,6,11H2,1-5H3. The monoisotopic (exact) mass is 269 g/mol. The summed E-state index contributed by atoms with van der Waals surface area (Å²) in [5, 5.41) is 0. The Morgan fingerprint density at radius 2 is 1.55 bits per heavy atom. The normalized spacial score (nSPS) is 16.6. The molecule has 0 aliphatic rings. The van der Waals surface area contributed by atoms with Crippen molar-refractivity contribution in [3.05, 3.63) is 0 Å². The predicted molar refractivity (Wildman–Crippen MR) is 60.1 cm³/mol. The van der Waals surface area contributed by atoms with Gasteiger partial charge in [-0.05, 0) is 11.8 Å². The molecule has 0 aliphatic heterocycles. The van der Waals surface area contributed by atoms with Gasteiger partial charge in [-0.25, -0.2) is 0 Å². The van der Waals surface area contributed by atoms with Crippen LogP contribution in [0.15, 0.2) is 0 Å².